The first-order chi connectivity index (χ1) is 18.7. The fraction of sp³-hybridized carbons (Fsp3) is 0.586. The van der Waals surface area contributed by atoms with Gasteiger partial charge in [-0.25, -0.2) is 4.98 Å². The van der Waals surface area contributed by atoms with Gasteiger partial charge in [0.2, 0.25) is 11.9 Å². The van der Waals surface area contributed by atoms with Crippen LogP contribution in [-0.4, -0.2) is 90.0 Å². The van der Waals surface area contributed by atoms with E-state index in [1.165, 1.54) is 12.8 Å². The third-order valence-corrected chi connectivity index (χ3v) is 8.30. The number of hydrogen-bond donors (Lipinski definition) is 1. The molecule has 10 heteroatoms. The number of benzene rings is 1. The van der Waals surface area contributed by atoms with Crippen molar-refractivity contribution < 1.29 is 14.3 Å². The first-order valence-electron chi connectivity index (χ1n) is 14.1. The van der Waals surface area contributed by atoms with E-state index in [-0.39, 0.29) is 17.4 Å². The Morgan fingerprint density at radius 1 is 1.08 bits per heavy atom. The number of hydrogen-bond acceptors (Lipinski definition) is 8. The smallest absolute Gasteiger partial charge is 0.254 e. The Balaban J connectivity index is 1.35. The summed E-state index contributed by atoms with van der Waals surface area (Å²) in [5.74, 6) is 1.84. The van der Waals surface area contributed by atoms with Crippen LogP contribution in [0.4, 0.5) is 23.1 Å². The number of nitrogens with zero attached hydrogens (tertiary/aromatic N) is 6. The molecule has 1 saturated heterocycles. The summed E-state index contributed by atoms with van der Waals surface area (Å²) in [6.45, 7) is 10.4. The molecule has 39 heavy (non-hydrogen) atoms. The highest BCUT2D eigenvalue weighted by atomic mass is 16.5. The molecule has 2 amide bonds. The highest BCUT2D eigenvalue weighted by Gasteiger charge is 2.32. The lowest BCUT2D eigenvalue weighted by molar-refractivity contribution is -0.118. The molecule has 3 aliphatic rings. The van der Waals surface area contributed by atoms with Gasteiger partial charge in [0.25, 0.3) is 5.91 Å². The lowest BCUT2D eigenvalue weighted by Gasteiger charge is -2.42. The topological polar surface area (TPSA) is 94.1 Å². The van der Waals surface area contributed by atoms with Gasteiger partial charge in [-0.3, -0.25) is 14.5 Å². The van der Waals surface area contributed by atoms with Gasteiger partial charge in [-0.15, -0.1) is 0 Å². The van der Waals surface area contributed by atoms with Gasteiger partial charge >= 0.3 is 0 Å². The molecule has 1 aromatic heterocycles. The highest BCUT2D eigenvalue weighted by Crippen LogP contribution is 2.37. The number of amides is 2. The summed E-state index contributed by atoms with van der Waals surface area (Å²) < 4.78 is 5.66. The fourth-order valence-corrected chi connectivity index (χ4v) is 5.88. The minimum absolute atomic E-state index is 0.00889. The summed E-state index contributed by atoms with van der Waals surface area (Å²) >= 11 is 0. The van der Waals surface area contributed by atoms with E-state index in [1.807, 2.05) is 17.0 Å². The number of methoxy groups -OCH3 is 1. The van der Waals surface area contributed by atoms with Crippen LogP contribution in [0.15, 0.2) is 24.4 Å². The Hall–Kier alpha value is -3.40. The lowest BCUT2D eigenvalue weighted by Crippen LogP contribution is -2.54. The van der Waals surface area contributed by atoms with Crippen molar-refractivity contribution in [1.82, 2.24) is 19.8 Å². The first kappa shape index (κ1) is 27.2. The highest BCUT2D eigenvalue weighted by molar-refractivity contribution is 5.97. The van der Waals surface area contributed by atoms with Crippen LogP contribution in [-0.2, 0) is 4.79 Å². The van der Waals surface area contributed by atoms with E-state index in [2.05, 4.69) is 40.9 Å². The van der Waals surface area contributed by atoms with E-state index in [1.54, 1.807) is 31.3 Å². The van der Waals surface area contributed by atoms with Crippen molar-refractivity contribution in [2.75, 3.05) is 62.0 Å². The van der Waals surface area contributed by atoms with E-state index in [0.29, 0.717) is 55.0 Å². The quantitative estimate of drug-likeness (QED) is 0.616. The van der Waals surface area contributed by atoms with Crippen LogP contribution in [0.1, 0.15) is 63.2 Å². The van der Waals surface area contributed by atoms with E-state index in [4.69, 9.17) is 9.72 Å². The van der Waals surface area contributed by atoms with Gasteiger partial charge in [0.15, 0.2) is 5.82 Å². The van der Waals surface area contributed by atoms with Crippen molar-refractivity contribution in [2.24, 2.45) is 0 Å². The van der Waals surface area contributed by atoms with Crippen molar-refractivity contribution >= 4 is 35.0 Å². The summed E-state index contributed by atoms with van der Waals surface area (Å²) in [4.78, 5) is 43.6. The van der Waals surface area contributed by atoms with E-state index in [9.17, 15) is 9.59 Å². The molecule has 2 fully saturated rings. The maximum Gasteiger partial charge on any atom is 0.254 e. The number of anilines is 4. The molecule has 210 valence electrons. The van der Waals surface area contributed by atoms with Gasteiger partial charge in [-0.05, 0) is 51.8 Å². The molecule has 0 spiro atoms. The molecule has 0 unspecified atom stereocenters. The number of ether oxygens (including phenoxy) is 1. The molecule has 5 rings (SSSR count). The Morgan fingerprint density at radius 2 is 1.79 bits per heavy atom. The van der Waals surface area contributed by atoms with Gasteiger partial charge in [0.1, 0.15) is 11.4 Å². The molecule has 0 radical (unpaired) electrons. The third-order valence-electron chi connectivity index (χ3n) is 8.30. The standard InChI is InChI=1S/C29H41N7O3/c1-29(2,3)35-16-14-34(15-17-35)27(38)20-10-11-22(24(18-20)39-5)31-28-30-19-23-26(32-28)36(21-8-6-7-9-21)13-12-25(37)33(23)4/h10-11,18-19,21H,6-9,12-17H2,1-5H3,(H,30,31,32). The number of rotatable bonds is 5. The number of carbonyl (C=O) groups is 2. The SMILES string of the molecule is COc1cc(C(=O)N2CCN(C(C)(C)C)CC2)ccc1Nc1ncc2c(n1)N(C1CCCC1)CCC(=O)N2C. The molecular weight excluding hydrogens is 494 g/mol. The molecule has 1 saturated carbocycles. The second-order valence-corrected chi connectivity index (χ2v) is 11.7. The summed E-state index contributed by atoms with van der Waals surface area (Å²) in [5, 5.41) is 3.29. The molecular formula is C29H41N7O3. The molecule has 1 aromatic carbocycles. The molecule has 1 N–H and O–H groups in total. The van der Waals surface area contributed by atoms with E-state index < -0.39 is 0 Å². The zero-order valence-corrected chi connectivity index (χ0v) is 23.9. The van der Waals surface area contributed by atoms with Crippen LogP contribution in [0.2, 0.25) is 0 Å². The maximum absolute atomic E-state index is 13.3. The minimum Gasteiger partial charge on any atom is -0.495 e. The average Bonchev–Trinajstić information content (AvgIpc) is 3.43. The zero-order chi connectivity index (χ0) is 27.7. The van der Waals surface area contributed by atoms with Gasteiger partial charge in [-0.1, -0.05) is 12.8 Å². The molecule has 0 atom stereocenters. The van der Waals surface area contributed by atoms with Crippen molar-refractivity contribution in [3.8, 4) is 5.75 Å². The Morgan fingerprint density at radius 3 is 2.46 bits per heavy atom. The van der Waals surface area contributed by atoms with Crippen LogP contribution in [0.3, 0.4) is 0 Å². The summed E-state index contributed by atoms with van der Waals surface area (Å²) in [6.07, 6.45) is 6.80. The predicted molar refractivity (Wildman–Crippen MR) is 153 cm³/mol. The van der Waals surface area contributed by atoms with Crippen LogP contribution in [0.25, 0.3) is 0 Å². The Labute approximate surface area is 231 Å². The number of carbonyl (C=O) groups excluding carboxylic acids is 2. The molecule has 3 heterocycles. The maximum atomic E-state index is 13.3. The Bertz CT molecular complexity index is 1210. The molecule has 10 nitrogen and oxygen atoms in total. The summed E-state index contributed by atoms with van der Waals surface area (Å²) in [7, 11) is 3.38. The number of aromatic nitrogens is 2. The fourth-order valence-electron chi connectivity index (χ4n) is 5.88. The van der Waals surface area contributed by atoms with Crippen molar-refractivity contribution in [1.29, 1.82) is 0 Å². The molecule has 2 aliphatic heterocycles. The summed E-state index contributed by atoms with van der Waals surface area (Å²) in [5.41, 5.74) is 2.10. The number of nitrogens with one attached hydrogen (secondary N) is 1. The average molecular weight is 536 g/mol. The second-order valence-electron chi connectivity index (χ2n) is 11.7. The third kappa shape index (κ3) is 5.66. The van der Waals surface area contributed by atoms with Crippen molar-refractivity contribution in [2.45, 2.75) is 64.5 Å². The lowest BCUT2D eigenvalue weighted by atomic mass is 10.0. The largest absolute Gasteiger partial charge is 0.495 e. The molecule has 0 bridgehead atoms. The first-order valence-corrected chi connectivity index (χ1v) is 14.1. The van der Waals surface area contributed by atoms with E-state index in [0.717, 1.165) is 37.4 Å². The molecule has 2 aromatic rings. The number of fused-ring (bicyclic) bond motifs is 1. The second kappa shape index (κ2) is 11.0. The van der Waals surface area contributed by atoms with Gasteiger partial charge in [0.05, 0.1) is 19.0 Å². The van der Waals surface area contributed by atoms with Crippen LogP contribution in [0.5, 0.6) is 5.75 Å². The predicted octanol–water partition coefficient (Wildman–Crippen LogP) is 3.90. The molecule has 1 aliphatic carbocycles. The van der Waals surface area contributed by atoms with Gasteiger partial charge < -0.3 is 24.8 Å². The van der Waals surface area contributed by atoms with Gasteiger partial charge in [-0.2, -0.15) is 4.98 Å². The monoisotopic (exact) mass is 535 g/mol. The summed E-state index contributed by atoms with van der Waals surface area (Å²) in [6, 6.07) is 5.83. The van der Waals surface area contributed by atoms with Crippen LogP contribution in [0, 0.1) is 0 Å². The normalized spacial score (nSPS) is 19.2. The minimum atomic E-state index is 0.00889. The van der Waals surface area contributed by atoms with Crippen LogP contribution >= 0.6 is 0 Å². The zero-order valence-electron chi connectivity index (χ0n) is 23.9. The van der Waals surface area contributed by atoms with Gasteiger partial charge in [0, 0.05) is 63.3 Å². The Kier molecular flexibility index (Phi) is 7.66. The van der Waals surface area contributed by atoms with Crippen molar-refractivity contribution in [3.05, 3.63) is 30.0 Å². The van der Waals surface area contributed by atoms with Crippen molar-refractivity contribution in [3.63, 3.8) is 0 Å². The van der Waals surface area contributed by atoms with Crippen LogP contribution < -0.4 is 19.9 Å². The number of piperazine rings is 1. The van der Waals surface area contributed by atoms with E-state index >= 15 is 0 Å².